The van der Waals surface area contributed by atoms with Crippen molar-refractivity contribution in [1.29, 1.82) is 0 Å². The third-order valence-electron chi connectivity index (χ3n) is 4.93. The first-order valence-corrected chi connectivity index (χ1v) is 8.87. The molecule has 26 heavy (non-hydrogen) atoms. The van der Waals surface area contributed by atoms with E-state index < -0.39 is 0 Å². The second-order valence-electron chi connectivity index (χ2n) is 6.63. The molecule has 3 heterocycles. The molecule has 7 heteroatoms. The summed E-state index contributed by atoms with van der Waals surface area (Å²) in [6, 6.07) is 12.5. The second-order valence-corrected chi connectivity index (χ2v) is 6.63. The molecule has 2 aromatic heterocycles. The summed E-state index contributed by atoms with van der Waals surface area (Å²) in [7, 11) is 0. The third-order valence-corrected chi connectivity index (χ3v) is 4.93. The molecule has 7 nitrogen and oxygen atoms in total. The Morgan fingerprint density at radius 2 is 1.92 bits per heavy atom. The Morgan fingerprint density at radius 1 is 1.15 bits per heavy atom. The Labute approximate surface area is 151 Å². The lowest BCUT2D eigenvalue weighted by molar-refractivity contribution is -0.131. The summed E-state index contributed by atoms with van der Waals surface area (Å²) < 4.78 is 6.70. The molecule has 1 amide bonds. The smallest absolute Gasteiger partial charge is 0.228 e. The molecule has 0 N–H and O–H groups in total. The standard InChI is InChI=1S/C19H21N5O2/c1-14-18(22-26-21-14)13-19(25)23-10-7-16(8-11-23)24-12-9-17(20-24)15-5-3-2-4-6-15/h2-6,9,12,16H,7-8,10-11,13H2,1H3. The minimum absolute atomic E-state index is 0.0766. The molecular formula is C19H21N5O2. The zero-order chi connectivity index (χ0) is 17.9. The van der Waals surface area contributed by atoms with E-state index in [1.165, 1.54) is 0 Å². The van der Waals surface area contributed by atoms with E-state index in [2.05, 4.69) is 27.1 Å². The van der Waals surface area contributed by atoms with Gasteiger partial charge in [-0.25, -0.2) is 4.63 Å². The van der Waals surface area contributed by atoms with E-state index in [1.807, 2.05) is 40.0 Å². The number of aryl methyl sites for hydroxylation is 1. The Kier molecular flexibility index (Phi) is 4.51. The first-order valence-electron chi connectivity index (χ1n) is 8.87. The van der Waals surface area contributed by atoms with Crippen LogP contribution in [-0.4, -0.2) is 44.0 Å². The van der Waals surface area contributed by atoms with Gasteiger partial charge in [0.2, 0.25) is 5.91 Å². The fourth-order valence-electron chi connectivity index (χ4n) is 3.35. The number of carbonyl (C=O) groups is 1. The summed E-state index contributed by atoms with van der Waals surface area (Å²) in [6.07, 6.45) is 4.09. The number of benzene rings is 1. The second kappa shape index (κ2) is 7.11. The lowest BCUT2D eigenvalue weighted by Gasteiger charge is -2.32. The van der Waals surface area contributed by atoms with Crippen molar-refractivity contribution in [2.24, 2.45) is 0 Å². The van der Waals surface area contributed by atoms with E-state index in [1.54, 1.807) is 6.92 Å². The van der Waals surface area contributed by atoms with Crippen molar-refractivity contribution in [1.82, 2.24) is 25.0 Å². The van der Waals surface area contributed by atoms with Gasteiger partial charge in [-0.15, -0.1) is 0 Å². The van der Waals surface area contributed by atoms with Crippen LogP contribution in [0, 0.1) is 6.92 Å². The molecule has 1 saturated heterocycles. The SMILES string of the molecule is Cc1nonc1CC(=O)N1CCC(n2ccc(-c3ccccc3)n2)CC1. The lowest BCUT2D eigenvalue weighted by atomic mass is 10.0. The van der Waals surface area contributed by atoms with Gasteiger partial charge in [-0.05, 0) is 25.8 Å². The van der Waals surface area contributed by atoms with Crippen LogP contribution in [0.25, 0.3) is 11.3 Å². The van der Waals surface area contributed by atoms with Crippen LogP contribution in [0.3, 0.4) is 0 Å². The largest absolute Gasteiger partial charge is 0.342 e. The van der Waals surface area contributed by atoms with Gasteiger partial charge in [-0.2, -0.15) is 5.10 Å². The quantitative estimate of drug-likeness (QED) is 0.722. The van der Waals surface area contributed by atoms with Crippen molar-refractivity contribution in [3.63, 3.8) is 0 Å². The lowest BCUT2D eigenvalue weighted by Crippen LogP contribution is -2.40. The zero-order valence-corrected chi connectivity index (χ0v) is 14.7. The molecule has 4 rings (SSSR count). The van der Waals surface area contributed by atoms with Crippen LogP contribution in [-0.2, 0) is 11.2 Å². The van der Waals surface area contributed by atoms with E-state index >= 15 is 0 Å². The van der Waals surface area contributed by atoms with E-state index in [4.69, 9.17) is 5.10 Å². The number of aromatic nitrogens is 4. The van der Waals surface area contributed by atoms with Gasteiger partial charge in [0.05, 0.1) is 18.2 Å². The molecule has 1 aliphatic heterocycles. The van der Waals surface area contributed by atoms with Gasteiger partial charge in [0.1, 0.15) is 11.4 Å². The highest BCUT2D eigenvalue weighted by molar-refractivity contribution is 5.78. The molecule has 0 aliphatic carbocycles. The maximum Gasteiger partial charge on any atom is 0.228 e. The maximum absolute atomic E-state index is 12.4. The molecule has 1 fully saturated rings. The fraction of sp³-hybridized carbons (Fsp3) is 0.368. The molecular weight excluding hydrogens is 330 g/mol. The molecule has 134 valence electrons. The molecule has 3 aromatic rings. The van der Waals surface area contributed by atoms with Crippen molar-refractivity contribution in [3.8, 4) is 11.3 Å². The molecule has 0 radical (unpaired) electrons. The topological polar surface area (TPSA) is 77.0 Å². The minimum atomic E-state index is 0.0766. The van der Waals surface area contributed by atoms with Crippen molar-refractivity contribution in [3.05, 3.63) is 54.0 Å². The highest BCUT2D eigenvalue weighted by Crippen LogP contribution is 2.25. The van der Waals surface area contributed by atoms with E-state index in [0.717, 1.165) is 37.2 Å². The van der Waals surface area contributed by atoms with Crippen LogP contribution < -0.4 is 0 Å². The van der Waals surface area contributed by atoms with Gasteiger partial charge in [0, 0.05) is 24.8 Å². The molecule has 1 aromatic carbocycles. The van der Waals surface area contributed by atoms with Crippen molar-refractivity contribution < 1.29 is 9.42 Å². The Balaban J connectivity index is 1.36. The molecule has 0 atom stereocenters. The summed E-state index contributed by atoms with van der Waals surface area (Å²) in [5.74, 6) is 0.0766. The molecule has 0 saturated carbocycles. The van der Waals surface area contributed by atoms with Crippen molar-refractivity contribution in [2.45, 2.75) is 32.2 Å². The first-order chi connectivity index (χ1) is 12.7. The predicted octanol–water partition coefficient (Wildman–Crippen LogP) is 2.65. The average Bonchev–Trinajstić information content (AvgIpc) is 3.32. The number of rotatable bonds is 4. The summed E-state index contributed by atoms with van der Waals surface area (Å²) >= 11 is 0. The number of nitrogens with zero attached hydrogens (tertiary/aromatic N) is 5. The van der Waals surface area contributed by atoms with Crippen LogP contribution in [0.4, 0.5) is 0 Å². The van der Waals surface area contributed by atoms with E-state index in [-0.39, 0.29) is 12.3 Å². The Hall–Kier alpha value is -2.96. The number of hydrogen-bond acceptors (Lipinski definition) is 5. The van der Waals surface area contributed by atoms with Crippen LogP contribution >= 0.6 is 0 Å². The highest BCUT2D eigenvalue weighted by atomic mass is 16.6. The van der Waals surface area contributed by atoms with E-state index in [0.29, 0.717) is 17.4 Å². The third kappa shape index (κ3) is 3.37. The van der Waals surface area contributed by atoms with Gasteiger partial charge in [-0.1, -0.05) is 40.6 Å². The summed E-state index contributed by atoms with van der Waals surface area (Å²) in [5.41, 5.74) is 3.41. The van der Waals surface area contributed by atoms with Crippen LogP contribution in [0.5, 0.6) is 0 Å². The van der Waals surface area contributed by atoms with Crippen molar-refractivity contribution in [2.75, 3.05) is 13.1 Å². The normalized spacial score (nSPS) is 15.3. The maximum atomic E-state index is 12.4. The molecule has 0 spiro atoms. The van der Waals surface area contributed by atoms with Crippen molar-refractivity contribution >= 4 is 5.91 Å². The highest BCUT2D eigenvalue weighted by Gasteiger charge is 2.25. The van der Waals surface area contributed by atoms with Gasteiger partial charge in [0.15, 0.2) is 0 Å². The Morgan fingerprint density at radius 3 is 2.62 bits per heavy atom. The number of hydrogen-bond donors (Lipinski definition) is 0. The number of amides is 1. The van der Waals surface area contributed by atoms with Crippen LogP contribution in [0.1, 0.15) is 30.3 Å². The number of piperidine rings is 1. The first kappa shape index (κ1) is 16.5. The predicted molar refractivity (Wildman–Crippen MR) is 95.3 cm³/mol. The molecule has 1 aliphatic rings. The van der Waals surface area contributed by atoms with Gasteiger partial charge >= 0.3 is 0 Å². The summed E-state index contributed by atoms with van der Waals surface area (Å²) in [6.45, 7) is 3.26. The van der Waals surface area contributed by atoms with Gasteiger partial charge in [-0.3, -0.25) is 9.48 Å². The van der Waals surface area contributed by atoms with E-state index in [9.17, 15) is 4.79 Å². The average molecular weight is 351 g/mol. The summed E-state index contributed by atoms with van der Waals surface area (Å²) in [5, 5.41) is 12.3. The minimum Gasteiger partial charge on any atom is -0.342 e. The zero-order valence-electron chi connectivity index (χ0n) is 14.7. The molecule has 0 unspecified atom stereocenters. The number of carbonyl (C=O) groups excluding carboxylic acids is 1. The summed E-state index contributed by atoms with van der Waals surface area (Å²) in [4.78, 5) is 14.3. The Bertz CT molecular complexity index is 878. The van der Waals surface area contributed by atoms with Gasteiger partial charge < -0.3 is 4.90 Å². The van der Waals surface area contributed by atoms with Gasteiger partial charge in [0.25, 0.3) is 0 Å². The monoisotopic (exact) mass is 351 g/mol. The molecule has 0 bridgehead atoms. The number of likely N-dealkylation sites (tertiary alicyclic amines) is 1. The van der Waals surface area contributed by atoms with Crippen LogP contribution in [0.2, 0.25) is 0 Å². The van der Waals surface area contributed by atoms with Crippen LogP contribution in [0.15, 0.2) is 47.2 Å². The fourth-order valence-corrected chi connectivity index (χ4v) is 3.35.